The number of allylic oxidation sites excluding steroid dienone is 14. The largest absolute Gasteiger partial charge is 0.756 e. The smallest absolute Gasteiger partial charge is 0.306 e. The zero-order valence-corrected chi connectivity index (χ0v) is 45.2. The van der Waals surface area contributed by atoms with E-state index in [1.807, 2.05) is 21.1 Å². The first kappa shape index (κ1) is 65.2. The van der Waals surface area contributed by atoms with Crippen molar-refractivity contribution < 1.29 is 42.1 Å². The number of likely N-dealkylation sites (N-methyl/N-ethyl adjacent to an activating group) is 1. The highest BCUT2D eigenvalue weighted by Gasteiger charge is 2.21. The van der Waals surface area contributed by atoms with Crippen LogP contribution in [0.1, 0.15) is 219 Å². The van der Waals surface area contributed by atoms with Gasteiger partial charge in [-0.1, -0.05) is 202 Å². The summed E-state index contributed by atoms with van der Waals surface area (Å²) in [7, 11) is 1.13. The Morgan fingerprint density at radius 3 is 1.29 bits per heavy atom. The molecule has 0 amide bonds. The van der Waals surface area contributed by atoms with E-state index in [-0.39, 0.29) is 26.1 Å². The molecule has 0 aliphatic carbocycles. The molecule has 0 aliphatic rings. The fourth-order valence-electron chi connectivity index (χ4n) is 7.18. The van der Waals surface area contributed by atoms with E-state index in [2.05, 4.69) is 98.9 Å². The summed E-state index contributed by atoms with van der Waals surface area (Å²) in [6.45, 7) is 4.07. The van der Waals surface area contributed by atoms with E-state index in [1.54, 1.807) is 0 Å². The van der Waals surface area contributed by atoms with Gasteiger partial charge in [0, 0.05) is 12.8 Å². The second-order valence-corrected chi connectivity index (χ2v) is 20.6. The lowest BCUT2D eigenvalue weighted by Gasteiger charge is -2.28. The van der Waals surface area contributed by atoms with Crippen LogP contribution in [0, 0.1) is 0 Å². The van der Waals surface area contributed by atoms with E-state index < -0.39 is 32.5 Å². The van der Waals surface area contributed by atoms with Crippen LogP contribution in [0.4, 0.5) is 0 Å². The van der Waals surface area contributed by atoms with Crippen molar-refractivity contribution >= 4 is 19.8 Å². The van der Waals surface area contributed by atoms with Gasteiger partial charge in [0.05, 0.1) is 27.7 Å². The highest BCUT2D eigenvalue weighted by molar-refractivity contribution is 7.45. The van der Waals surface area contributed by atoms with Crippen LogP contribution in [0.3, 0.4) is 0 Å². The lowest BCUT2D eigenvalue weighted by atomic mass is 10.0. The van der Waals surface area contributed by atoms with Crippen molar-refractivity contribution in [1.29, 1.82) is 0 Å². The van der Waals surface area contributed by atoms with Gasteiger partial charge in [-0.05, 0) is 89.9 Å². The number of unbranched alkanes of at least 4 members (excludes halogenated alkanes) is 21. The molecule has 68 heavy (non-hydrogen) atoms. The molecule has 0 fully saturated rings. The van der Waals surface area contributed by atoms with Crippen molar-refractivity contribution in [2.45, 2.75) is 225 Å². The van der Waals surface area contributed by atoms with Crippen molar-refractivity contribution in [3.8, 4) is 0 Å². The molecule has 0 aromatic rings. The SMILES string of the molecule is CC/C=C\C/C=C\C/C=C\C/C=C\C/C=C\C/C=C\CCCCC(=O)OC(COC(=O)CCCCCCCCCCCCC/C=C\CCCCCCCCCC)COP(=O)([O-])OCC[N+](C)(C)C. The Bertz CT molecular complexity index is 1420. The first-order valence-corrected chi connectivity index (χ1v) is 28.8. The summed E-state index contributed by atoms with van der Waals surface area (Å²) in [5, 5.41) is 0. The molecule has 0 radical (unpaired) electrons. The molecule has 0 N–H and O–H groups in total. The second kappa shape index (κ2) is 49.2. The molecule has 0 aromatic carbocycles. The summed E-state index contributed by atoms with van der Waals surface area (Å²) in [5.41, 5.74) is 0. The standard InChI is InChI=1S/C58H102NO8P/c1-6-8-10-12-14-16-18-20-22-24-26-28-29-31-32-34-36-38-40-42-44-46-48-50-57(60)64-54-56(55-66-68(62,63)65-53-52-59(3,4)5)67-58(61)51-49-47-45-43-41-39-37-35-33-30-27-25-23-21-19-17-15-13-11-9-7-2/h9,11,15,17,21,23-24,26-27,30,35,37,41,43,56H,6-8,10,12-14,16,18-20,22,25,28-29,31-34,36,38-40,42,44-55H2,1-5H3/b11-9-,17-15-,23-21-,26-24-,30-27-,37-35-,43-41-. The minimum Gasteiger partial charge on any atom is -0.756 e. The van der Waals surface area contributed by atoms with Gasteiger partial charge in [0.2, 0.25) is 0 Å². The van der Waals surface area contributed by atoms with Gasteiger partial charge in [0.25, 0.3) is 7.82 Å². The second-order valence-electron chi connectivity index (χ2n) is 19.2. The van der Waals surface area contributed by atoms with Gasteiger partial charge in [-0.15, -0.1) is 0 Å². The summed E-state index contributed by atoms with van der Waals surface area (Å²) in [5.74, 6) is -0.887. The zero-order chi connectivity index (χ0) is 49.9. The van der Waals surface area contributed by atoms with E-state index in [0.29, 0.717) is 17.4 Å². The number of nitrogens with zero attached hydrogens (tertiary/aromatic N) is 1. The molecule has 0 saturated carbocycles. The minimum atomic E-state index is -4.65. The quantitative estimate of drug-likeness (QED) is 0.0195. The molecule has 9 nitrogen and oxygen atoms in total. The number of hydrogen-bond acceptors (Lipinski definition) is 8. The van der Waals surface area contributed by atoms with Crippen molar-refractivity contribution in [2.24, 2.45) is 0 Å². The van der Waals surface area contributed by atoms with Crippen LogP contribution in [0.25, 0.3) is 0 Å². The Morgan fingerprint density at radius 2 is 0.838 bits per heavy atom. The highest BCUT2D eigenvalue weighted by atomic mass is 31.2. The molecule has 0 rings (SSSR count). The molecule has 10 heteroatoms. The zero-order valence-electron chi connectivity index (χ0n) is 44.3. The van der Waals surface area contributed by atoms with Gasteiger partial charge in [-0.2, -0.15) is 0 Å². The third-order valence-electron chi connectivity index (χ3n) is 11.4. The van der Waals surface area contributed by atoms with Crippen LogP contribution < -0.4 is 4.89 Å². The van der Waals surface area contributed by atoms with Gasteiger partial charge < -0.3 is 27.9 Å². The number of esters is 2. The third-order valence-corrected chi connectivity index (χ3v) is 12.4. The van der Waals surface area contributed by atoms with Gasteiger partial charge in [0.15, 0.2) is 6.10 Å². The van der Waals surface area contributed by atoms with Crippen LogP contribution in [0.5, 0.6) is 0 Å². The average Bonchev–Trinajstić information content (AvgIpc) is 3.30. The number of rotatable bonds is 49. The van der Waals surface area contributed by atoms with Crippen LogP contribution in [0.2, 0.25) is 0 Å². The number of hydrogen-bond donors (Lipinski definition) is 0. The lowest BCUT2D eigenvalue weighted by molar-refractivity contribution is -0.870. The minimum absolute atomic E-state index is 0.0434. The van der Waals surface area contributed by atoms with E-state index in [9.17, 15) is 19.0 Å². The van der Waals surface area contributed by atoms with Gasteiger partial charge in [-0.3, -0.25) is 14.2 Å². The Morgan fingerprint density at radius 1 is 0.471 bits per heavy atom. The first-order chi connectivity index (χ1) is 33.0. The summed E-state index contributed by atoms with van der Waals surface area (Å²) < 4.78 is 34.0. The molecule has 0 saturated heterocycles. The lowest BCUT2D eigenvalue weighted by Crippen LogP contribution is -2.37. The Balaban J connectivity index is 4.29. The maximum Gasteiger partial charge on any atom is 0.306 e. The molecule has 0 aliphatic heterocycles. The van der Waals surface area contributed by atoms with Crippen molar-refractivity contribution in [1.82, 2.24) is 0 Å². The molecule has 2 unspecified atom stereocenters. The summed E-state index contributed by atoms with van der Waals surface area (Å²) in [4.78, 5) is 37.8. The molecule has 0 heterocycles. The van der Waals surface area contributed by atoms with Crippen LogP contribution >= 0.6 is 7.82 Å². The fourth-order valence-corrected chi connectivity index (χ4v) is 7.91. The van der Waals surface area contributed by atoms with E-state index in [1.165, 1.54) is 116 Å². The monoisotopic (exact) mass is 972 g/mol. The van der Waals surface area contributed by atoms with Gasteiger partial charge in [-0.25, -0.2) is 0 Å². The van der Waals surface area contributed by atoms with E-state index in [4.69, 9.17) is 18.5 Å². The summed E-state index contributed by atoms with van der Waals surface area (Å²) in [6.07, 6.45) is 64.8. The molecule has 0 aromatic heterocycles. The predicted octanol–water partition coefficient (Wildman–Crippen LogP) is 16.1. The Hall–Kier alpha value is -2.81. The molecular formula is C58H102NO8P. The topological polar surface area (TPSA) is 111 Å². The van der Waals surface area contributed by atoms with Crippen molar-refractivity contribution in [3.05, 3.63) is 85.1 Å². The third kappa shape index (κ3) is 52.6. The maximum absolute atomic E-state index is 12.7. The van der Waals surface area contributed by atoms with Gasteiger partial charge >= 0.3 is 11.9 Å². The number of ether oxygens (including phenoxy) is 2. The van der Waals surface area contributed by atoms with Crippen LogP contribution in [0.15, 0.2) is 85.1 Å². The number of quaternary nitrogens is 1. The first-order valence-electron chi connectivity index (χ1n) is 27.3. The molecule has 2 atom stereocenters. The average molecular weight is 972 g/mol. The summed E-state index contributed by atoms with van der Waals surface area (Å²) >= 11 is 0. The molecular weight excluding hydrogens is 870 g/mol. The Labute approximate surface area is 418 Å². The van der Waals surface area contributed by atoms with E-state index >= 15 is 0 Å². The summed E-state index contributed by atoms with van der Waals surface area (Å²) in [6, 6.07) is 0. The highest BCUT2D eigenvalue weighted by Crippen LogP contribution is 2.38. The maximum atomic E-state index is 12.7. The number of carbonyl (C=O) groups excluding carboxylic acids is 2. The number of carbonyl (C=O) groups is 2. The molecule has 0 spiro atoms. The van der Waals surface area contributed by atoms with Gasteiger partial charge in [0.1, 0.15) is 19.8 Å². The van der Waals surface area contributed by atoms with Crippen molar-refractivity contribution in [3.63, 3.8) is 0 Å². The fraction of sp³-hybridized carbons (Fsp3) is 0.724. The number of phosphoric acid groups is 1. The molecule has 392 valence electrons. The van der Waals surface area contributed by atoms with Crippen LogP contribution in [-0.4, -0.2) is 70.0 Å². The van der Waals surface area contributed by atoms with Crippen molar-refractivity contribution in [2.75, 3.05) is 47.5 Å². The Kier molecular flexibility index (Phi) is 47.2. The van der Waals surface area contributed by atoms with Crippen LogP contribution in [-0.2, 0) is 32.7 Å². The number of phosphoric ester groups is 1. The van der Waals surface area contributed by atoms with E-state index in [0.717, 1.165) is 70.6 Å². The molecule has 0 bridgehead atoms. The normalized spacial score (nSPS) is 14.0. The predicted molar refractivity (Wildman–Crippen MR) is 286 cm³/mol.